The zero-order chi connectivity index (χ0) is 13.1. The van der Waals surface area contributed by atoms with Gasteiger partial charge in [-0.2, -0.15) is 0 Å². The largest absolute Gasteiger partial charge is 0.322 e. The van der Waals surface area contributed by atoms with Crippen molar-refractivity contribution in [2.75, 3.05) is 0 Å². The van der Waals surface area contributed by atoms with Crippen LogP contribution in [-0.2, 0) is 6.42 Å². The van der Waals surface area contributed by atoms with E-state index in [0.29, 0.717) is 0 Å². The van der Waals surface area contributed by atoms with Crippen molar-refractivity contribution >= 4 is 22.6 Å². The zero-order valence-corrected chi connectivity index (χ0v) is 12.8. The minimum absolute atomic E-state index is 0.0364. The molecular weight excluding hydrogens is 335 g/mol. The highest BCUT2D eigenvalue weighted by Gasteiger charge is 2.11. The molecule has 2 nitrogen and oxygen atoms in total. The summed E-state index contributed by atoms with van der Waals surface area (Å²) in [4.78, 5) is 4.46. The predicted molar refractivity (Wildman–Crippen MR) is 83.5 cm³/mol. The van der Waals surface area contributed by atoms with Gasteiger partial charge in [0.2, 0.25) is 0 Å². The summed E-state index contributed by atoms with van der Waals surface area (Å²) in [5.74, 6) is 0. The summed E-state index contributed by atoms with van der Waals surface area (Å²) in [6.45, 7) is 4.12. The highest BCUT2D eigenvalue weighted by molar-refractivity contribution is 14.1. The van der Waals surface area contributed by atoms with E-state index in [-0.39, 0.29) is 6.04 Å². The van der Waals surface area contributed by atoms with Crippen molar-refractivity contribution in [1.82, 2.24) is 4.98 Å². The molecule has 1 aromatic carbocycles. The zero-order valence-electron chi connectivity index (χ0n) is 10.7. The molecule has 0 radical (unpaired) electrons. The van der Waals surface area contributed by atoms with Gasteiger partial charge in [0.05, 0.1) is 11.7 Å². The summed E-state index contributed by atoms with van der Waals surface area (Å²) in [5.41, 5.74) is 10.9. The average molecular weight is 352 g/mol. The molecule has 0 aliphatic carbocycles. The van der Waals surface area contributed by atoms with Gasteiger partial charge in [-0.25, -0.2) is 0 Å². The van der Waals surface area contributed by atoms with Crippen LogP contribution < -0.4 is 5.73 Å². The summed E-state index contributed by atoms with van der Waals surface area (Å²) >= 11 is 2.31. The molecule has 0 spiro atoms. The molecule has 1 aromatic heterocycles. The van der Waals surface area contributed by atoms with Crippen molar-refractivity contribution in [1.29, 1.82) is 0 Å². The molecule has 0 amide bonds. The number of hydrogen-bond donors (Lipinski definition) is 1. The van der Waals surface area contributed by atoms with Gasteiger partial charge in [-0.05, 0) is 71.7 Å². The van der Waals surface area contributed by atoms with Gasteiger partial charge in [0.15, 0.2) is 0 Å². The number of aryl methyl sites for hydroxylation is 2. The number of nitrogens with zero attached hydrogens (tertiary/aromatic N) is 1. The van der Waals surface area contributed by atoms with E-state index in [1.54, 1.807) is 0 Å². The van der Waals surface area contributed by atoms with Crippen molar-refractivity contribution in [3.63, 3.8) is 0 Å². The number of hydrogen-bond acceptors (Lipinski definition) is 2. The van der Waals surface area contributed by atoms with E-state index in [4.69, 9.17) is 5.73 Å². The van der Waals surface area contributed by atoms with Crippen molar-refractivity contribution in [2.45, 2.75) is 26.3 Å². The van der Waals surface area contributed by atoms with Crippen LogP contribution in [-0.4, -0.2) is 4.98 Å². The molecule has 2 N–H and O–H groups in total. The Bertz CT molecular complexity index is 535. The molecule has 0 fully saturated rings. The van der Waals surface area contributed by atoms with Crippen LogP contribution in [0, 0.1) is 17.4 Å². The van der Waals surface area contributed by atoms with Crippen LogP contribution in [0.2, 0.25) is 0 Å². The summed E-state index contributed by atoms with van der Waals surface area (Å²) < 4.78 is 1.24. The van der Waals surface area contributed by atoms with Gasteiger partial charge in [0.25, 0.3) is 0 Å². The molecule has 1 atom stereocenters. The van der Waals surface area contributed by atoms with Crippen LogP contribution >= 0.6 is 22.6 Å². The highest BCUT2D eigenvalue weighted by atomic mass is 127. The van der Waals surface area contributed by atoms with E-state index in [9.17, 15) is 0 Å². The number of halogens is 1. The molecule has 1 unspecified atom stereocenters. The Hall–Kier alpha value is -0.940. The second kappa shape index (κ2) is 5.80. The molecule has 0 bridgehead atoms. The maximum Gasteiger partial charge on any atom is 0.0603 e. The lowest BCUT2D eigenvalue weighted by atomic mass is 10.0. The first-order chi connectivity index (χ1) is 8.56. The second-order valence-electron chi connectivity index (χ2n) is 4.65. The second-order valence-corrected chi connectivity index (χ2v) is 5.90. The number of nitrogens with two attached hydrogens (primary N) is 1. The normalized spacial score (nSPS) is 12.4. The van der Waals surface area contributed by atoms with Gasteiger partial charge in [-0.3, -0.25) is 4.98 Å². The lowest BCUT2D eigenvalue weighted by Crippen LogP contribution is -2.16. The van der Waals surface area contributed by atoms with Crippen LogP contribution in [0.5, 0.6) is 0 Å². The quantitative estimate of drug-likeness (QED) is 0.859. The standard InChI is InChI=1S/C15H17IN2/c1-10-7-11(2)15(18-9-10)14(17)8-12-3-5-13(16)6-4-12/h3-7,9,14H,8,17H2,1-2H3. The SMILES string of the molecule is Cc1cnc(C(N)Cc2ccc(I)cc2)c(C)c1. The minimum atomic E-state index is -0.0364. The highest BCUT2D eigenvalue weighted by Crippen LogP contribution is 2.19. The lowest BCUT2D eigenvalue weighted by molar-refractivity contribution is 0.689. The van der Waals surface area contributed by atoms with E-state index < -0.39 is 0 Å². The molecule has 18 heavy (non-hydrogen) atoms. The fourth-order valence-corrected chi connectivity index (χ4v) is 2.44. The molecular formula is C15H17IN2. The Balaban J connectivity index is 2.16. The van der Waals surface area contributed by atoms with E-state index in [0.717, 1.165) is 12.1 Å². The summed E-state index contributed by atoms with van der Waals surface area (Å²) in [6.07, 6.45) is 2.71. The Morgan fingerprint density at radius 3 is 2.50 bits per heavy atom. The Kier molecular flexibility index (Phi) is 4.35. The fraction of sp³-hybridized carbons (Fsp3) is 0.267. The number of pyridine rings is 1. The fourth-order valence-electron chi connectivity index (χ4n) is 2.09. The van der Waals surface area contributed by atoms with Crippen molar-refractivity contribution in [3.8, 4) is 0 Å². The molecule has 0 aliphatic heterocycles. The Morgan fingerprint density at radius 1 is 1.22 bits per heavy atom. The van der Waals surface area contributed by atoms with Crippen LogP contribution in [0.1, 0.15) is 28.4 Å². The van der Waals surface area contributed by atoms with Gasteiger partial charge in [0, 0.05) is 9.77 Å². The van der Waals surface area contributed by atoms with Crippen LogP contribution in [0.25, 0.3) is 0 Å². The smallest absolute Gasteiger partial charge is 0.0603 e. The monoisotopic (exact) mass is 352 g/mol. The molecule has 0 aliphatic rings. The topological polar surface area (TPSA) is 38.9 Å². The third-order valence-corrected chi connectivity index (χ3v) is 3.69. The van der Waals surface area contributed by atoms with E-state index in [1.807, 2.05) is 6.20 Å². The van der Waals surface area contributed by atoms with Gasteiger partial charge < -0.3 is 5.73 Å². The molecule has 0 saturated heterocycles. The third kappa shape index (κ3) is 3.29. The first-order valence-electron chi connectivity index (χ1n) is 5.99. The van der Waals surface area contributed by atoms with Gasteiger partial charge in [0.1, 0.15) is 0 Å². The van der Waals surface area contributed by atoms with E-state index in [1.165, 1.54) is 20.3 Å². The minimum Gasteiger partial charge on any atom is -0.322 e. The summed E-state index contributed by atoms with van der Waals surface area (Å²) in [7, 11) is 0. The molecule has 94 valence electrons. The molecule has 1 heterocycles. The van der Waals surface area contributed by atoms with Crippen LogP contribution in [0.15, 0.2) is 36.5 Å². The van der Waals surface area contributed by atoms with Gasteiger partial charge >= 0.3 is 0 Å². The first-order valence-corrected chi connectivity index (χ1v) is 7.07. The number of aromatic nitrogens is 1. The Morgan fingerprint density at radius 2 is 1.89 bits per heavy atom. The molecule has 2 rings (SSSR count). The molecule has 2 aromatic rings. The maximum atomic E-state index is 6.25. The van der Waals surface area contributed by atoms with Crippen molar-refractivity contribution in [3.05, 3.63) is 62.5 Å². The molecule has 0 saturated carbocycles. The average Bonchev–Trinajstić information content (AvgIpc) is 2.32. The van der Waals surface area contributed by atoms with Crippen molar-refractivity contribution < 1.29 is 0 Å². The van der Waals surface area contributed by atoms with Gasteiger partial charge in [-0.1, -0.05) is 18.2 Å². The molecule has 3 heteroatoms. The lowest BCUT2D eigenvalue weighted by Gasteiger charge is -2.14. The first kappa shape index (κ1) is 13.5. The number of benzene rings is 1. The van der Waals surface area contributed by atoms with Crippen LogP contribution in [0.4, 0.5) is 0 Å². The van der Waals surface area contributed by atoms with Crippen molar-refractivity contribution in [2.24, 2.45) is 5.73 Å². The van der Waals surface area contributed by atoms with E-state index >= 15 is 0 Å². The van der Waals surface area contributed by atoms with Gasteiger partial charge in [-0.15, -0.1) is 0 Å². The predicted octanol–water partition coefficient (Wildman–Crippen LogP) is 3.55. The summed E-state index contributed by atoms with van der Waals surface area (Å²) in [5, 5.41) is 0. The third-order valence-electron chi connectivity index (χ3n) is 2.98. The van der Waals surface area contributed by atoms with E-state index in [2.05, 4.69) is 71.8 Å². The number of rotatable bonds is 3. The summed E-state index contributed by atoms with van der Waals surface area (Å²) in [6, 6.07) is 10.6. The van der Waals surface area contributed by atoms with Crippen LogP contribution in [0.3, 0.4) is 0 Å². The Labute approximate surface area is 122 Å². The maximum absolute atomic E-state index is 6.25.